The Kier molecular flexibility index (Phi) is 3.31. The Morgan fingerprint density at radius 1 is 1.30 bits per heavy atom. The summed E-state index contributed by atoms with van der Waals surface area (Å²) in [7, 11) is 0. The number of aryl methyl sites for hydroxylation is 1. The summed E-state index contributed by atoms with van der Waals surface area (Å²) < 4.78 is 1.89. The van der Waals surface area contributed by atoms with Crippen LogP contribution in [0.3, 0.4) is 0 Å². The molecule has 23 heavy (non-hydrogen) atoms. The van der Waals surface area contributed by atoms with Crippen molar-refractivity contribution in [3.8, 4) is 0 Å². The number of fused-ring (bicyclic) bond motifs is 3. The molecule has 6 heteroatoms. The number of hydrogen-bond acceptors (Lipinski definition) is 3. The lowest BCUT2D eigenvalue weighted by Gasteiger charge is -2.29. The van der Waals surface area contributed by atoms with E-state index >= 15 is 0 Å². The van der Waals surface area contributed by atoms with E-state index in [0.717, 1.165) is 29.0 Å². The van der Waals surface area contributed by atoms with Crippen LogP contribution < -0.4 is 0 Å². The molecule has 0 atom stereocenters. The number of amides is 1. The Labute approximate surface area is 138 Å². The normalized spacial score (nSPS) is 14.1. The summed E-state index contributed by atoms with van der Waals surface area (Å²) in [6.45, 7) is 3.13. The van der Waals surface area contributed by atoms with Crippen LogP contribution >= 0.6 is 11.6 Å². The molecule has 0 saturated heterocycles. The fourth-order valence-corrected chi connectivity index (χ4v) is 3.25. The van der Waals surface area contributed by atoms with Gasteiger partial charge in [0, 0.05) is 37.3 Å². The largest absolute Gasteiger partial charge is 0.334 e. The highest BCUT2D eigenvalue weighted by molar-refractivity contribution is 6.33. The Morgan fingerprint density at radius 2 is 2.13 bits per heavy atom. The van der Waals surface area contributed by atoms with E-state index in [1.54, 1.807) is 12.1 Å². The van der Waals surface area contributed by atoms with Crippen molar-refractivity contribution in [3.63, 3.8) is 0 Å². The Balaban J connectivity index is 1.68. The molecule has 4 rings (SSSR count). The molecule has 0 aliphatic carbocycles. The molecule has 0 spiro atoms. The molecule has 1 aromatic carbocycles. The summed E-state index contributed by atoms with van der Waals surface area (Å²) in [6, 6.07) is 9.12. The monoisotopic (exact) mass is 326 g/mol. The first-order valence-corrected chi connectivity index (χ1v) is 7.88. The van der Waals surface area contributed by atoms with Crippen LogP contribution in [0.4, 0.5) is 0 Å². The predicted octanol–water partition coefficient (Wildman–Crippen LogP) is 2.89. The SMILES string of the molecule is Cc1cc2ncc3c(n2n1)CCN(C(=O)c1ccccc1Cl)C3. The number of carbonyl (C=O) groups excluding carboxylic acids is 1. The molecule has 3 aromatic rings. The molecule has 5 nitrogen and oxygen atoms in total. The molecule has 1 amide bonds. The maximum atomic E-state index is 12.7. The van der Waals surface area contributed by atoms with Gasteiger partial charge in [-0.25, -0.2) is 9.50 Å². The van der Waals surface area contributed by atoms with Crippen LogP contribution in [-0.4, -0.2) is 31.9 Å². The summed E-state index contributed by atoms with van der Waals surface area (Å²) in [4.78, 5) is 18.9. The minimum Gasteiger partial charge on any atom is -0.334 e. The van der Waals surface area contributed by atoms with Gasteiger partial charge in [-0.3, -0.25) is 4.79 Å². The number of halogens is 1. The molecule has 3 heterocycles. The zero-order valence-corrected chi connectivity index (χ0v) is 13.4. The van der Waals surface area contributed by atoms with E-state index in [1.165, 1.54) is 0 Å². The quantitative estimate of drug-likeness (QED) is 0.691. The Morgan fingerprint density at radius 3 is 2.96 bits per heavy atom. The van der Waals surface area contributed by atoms with Gasteiger partial charge >= 0.3 is 0 Å². The molecule has 116 valence electrons. The lowest BCUT2D eigenvalue weighted by atomic mass is 10.1. The molecule has 0 N–H and O–H groups in total. The summed E-state index contributed by atoms with van der Waals surface area (Å²) >= 11 is 6.15. The third kappa shape index (κ3) is 2.37. The van der Waals surface area contributed by atoms with Gasteiger partial charge < -0.3 is 4.90 Å². The topological polar surface area (TPSA) is 50.5 Å². The third-order valence-electron chi connectivity index (χ3n) is 4.16. The van der Waals surface area contributed by atoms with Crippen LogP contribution in [0.15, 0.2) is 36.5 Å². The Hall–Kier alpha value is -2.40. The van der Waals surface area contributed by atoms with E-state index in [0.29, 0.717) is 23.7 Å². The van der Waals surface area contributed by atoms with Crippen molar-refractivity contribution >= 4 is 23.2 Å². The number of nitrogens with zero attached hydrogens (tertiary/aromatic N) is 4. The van der Waals surface area contributed by atoms with Crippen LogP contribution in [0, 0.1) is 6.92 Å². The van der Waals surface area contributed by atoms with Crippen molar-refractivity contribution in [1.82, 2.24) is 19.5 Å². The second-order valence-electron chi connectivity index (χ2n) is 5.74. The Bertz CT molecular complexity index is 918. The summed E-state index contributed by atoms with van der Waals surface area (Å²) in [5.74, 6) is -0.0435. The van der Waals surface area contributed by atoms with Crippen LogP contribution in [0.2, 0.25) is 5.02 Å². The predicted molar refractivity (Wildman–Crippen MR) is 87.6 cm³/mol. The first kappa shape index (κ1) is 14.2. The standard InChI is InChI=1S/C17H15ClN4O/c1-11-8-16-19-9-12-10-21(7-6-15(12)22(16)20-11)17(23)13-4-2-3-5-14(13)18/h2-5,8-9H,6-7,10H2,1H3. The lowest BCUT2D eigenvalue weighted by Crippen LogP contribution is -2.37. The number of rotatable bonds is 1. The molecule has 1 aliphatic heterocycles. The second kappa shape index (κ2) is 5.35. The number of hydrogen-bond donors (Lipinski definition) is 0. The smallest absolute Gasteiger partial charge is 0.255 e. The molecule has 0 unspecified atom stereocenters. The van der Waals surface area contributed by atoms with Crippen molar-refractivity contribution in [2.75, 3.05) is 6.54 Å². The maximum absolute atomic E-state index is 12.7. The van der Waals surface area contributed by atoms with Crippen LogP contribution in [0.1, 0.15) is 27.3 Å². The van der Waals surface area contributed by atoms with Gasteiger partial charge in [0.1, 0.15) is 0 Å². The van der Waals surface area contributed by atoms with E-state index < -0.39 is 0 Å². The van der Waals surface area contributed by atoms with Gasteiger partial charge in [-0.05, 0) is 19.1 Å². The molecule has 2 aromatic heterocycles. The minimum absolute atomic E-state index is 0.0435. The van der Waals surface area contributed by atoms with Gasteiger partial charge in [-0.2, -0.15) is 5.10 Å². The molecule has 0 radical (unpaired) electrons. The maximum Gasteiger partial charge on any atom is 0.255 e. The second-order valence-corrected chi connectivity index (χ2v) is 6.15. The minimum atomic E-state index is -0.0435. The number of carbonyl (C=O) groups is 1. The average molecular weight is 327 g/mol. The third-order valence-corrected chi connectivity index (χ3v) is 4.49. The zero-order chi connectivity index (χ0) is 16.0. The van der Waals surface area contributed by atoms with E-state index in [4.69, 9.17) is 11.6 Å². The molecule has 0 bridgehead atoms. The summed E-state index contributed by atoms with van der Waals surface area (Å²) in [5.41, 5.74) is 4.51. The zero-order valence-electron chi connectivity index (χ0n) is 12.7. The van der Waals surface area contributed by atoms with Crippen molar-refractivity contribution in [3.05, 3.63) is 64.1 Å². The van der Waals surface area contributed by atoms with Gasteiger partial charge in [0.25, 0.3) is 5.91 Å². The van der Waals surface area contributed by atoms with Gasteiger partial charge in [-0.15, -0.1) is 0 Å². The van der Waals surface area contributed by atoms with Crippen molar-refractivity contribution < 1.29 is 4.79 Å². The van der Waals surface area contributed by atoms with Crippen molar-refractivity contribution in [2.24, 2.45) is 0 Å². The van der Waals surface area contributed by atoms with Gasteiger partial charge in [-0.1, -0.05) is 23.7 Å². The van der Waals surface area contributed by atoms with Crippen molar-refractivity contribution in [1.29, 1.82) is 0 Å². The number of aromatic nitrogens is 3. The first-order valence-electron chi connectivity index (χ1n) is 7.50. The van der Waals surface area contributed by atoms with Gasteiger partial charge in [0.15, 0.2) is 5.65 Å². The fourth-order valence-electron chi connectivity index (χ4n) is 3.03. The highest BCUT2D eigenvalue weighted by Gasteiger charge is 2.25. The number of benzene rings is 1. The van der Waals surface area contributed by atoms with Crippen LogP contribution in [0.5, 0.6) is 0 Å². The molecular formula is C17H15ClN4O. The molecule has 0 saturated carbocycles. The van der Waals surface area contributed by atoms with E-state index in [9.17, 15) is 4.79 Å². The van der Waals surface area contributed by atoms with Crippen LogP contribution in [0.25, 0.3) is 5.65 Å². The average Bonchev–Trinajstić information content (AvgIpc) is 2.95. The van der Waals surface area contributed by atoms with Crippen molar-refractivity contribution in [2.45, 2.75) is 19.9 Å². The van der Waals surface area contributed by atoms with Gasteiger partial charge in [0.2, 0.25) is 0 Å². The highest BCUT2D eigenvalue weighted by atomic mass is 35.5. The summed E-state index contributed by atoms with van der Waals surface area (Å²) in [6.07, 6.45) is 2.60. The van der Waals surface area contributed by atoms with E-state index in [2.05, 4.69) is 10.1 Å². The fraction of sp³-hybridized carbons (Fsp3) is 0.235. The molecular weight excluding hydrogens is 312 g/mol. The molecule has 0 fully saturated rings. The van der Waals surface area contributed by atoms with E-state index in [1.807, 2.05) is 40.7 Å². The van der Waals surface area contributed by atoms with Crippen LogP contribution in [-0.2, 0) is 13.0 Å². The lowest BCUT2D eigenvalue weighted by molar-refractivity contribution is 0.0733. The first-order chi connectivity index (χ1) is 11.1. The molecule has 1 aliphatic rings. The summed E-state index contributed by atoms with van der Waals surface area (Å²) in [5, 5.41) is 4.98. The highest BCUT2D eigenvalue weighted by Crippen LogP contribution is 2.23. The van der Waals surface area contributed by atoms with E-state index in [-0.39, 0.29) is 5.91 Å². The van der Waals surface area contributed by atoms with Gasteiger partial charge in [0.05, 0.1) is 22.0 Å².